The van der Waals surface area contributed by atoms with Gasteiger partial charge in [0, 0.05) is 6.07 Å². The molecule has 1 aromatic heterocycles. The van der Waals surface area contributed by atoms with Crippen LogP contribution in [-0.2, 0) is 0 Å². The molecule has 0 aliphatic rings. The third-order valence-electron chi connectivity index (χ3n) is 2.39. The monoisotopic (exact) mass is 299 g/mol. The summed E-state index contributed by atoms with van der Waals surface area (Å²) in [4.78, 5) is 14.8. The van der Waals surface area contributed by atoms with Crippen LogP contribution in [0.2, 0.25) is 5.02 Å². The van der Waals surface area contributed by atoms with Crippen molar-refractivity contribution >= 4 is 34.8 Å². The van der Waals surface area contributed by atoms with Gasteiger partial charge in [-0.2, -0.15) is 0 Å². The van der Waals surface area contributed by atoms with E-state index >= 15 is 0 Å². The van der Waals surface area contributed by atoms with E-state index in [2.05, 4.69) is 10.3 Å². The number of pyridine rings is 1. The van der Waals surface area contributed by atoms with E-state index in [1.54, 1.807) is 0 Å². The van der Waals surface area contributed by atoms with Crippen molar-refractivity contribution in [2.45, 2.75) is 0 Å². The number of aromatic nitrogens is 1. The van der Waals surface area contributed by atoms with Gasteiger partial charge in [0.05, 0.1) is 22.6 Å². The van der Waals surface area contributed by atoms with Gasteiger partial charge in [0.25, 0.3) is 0 Å². The molecule has 5 nitrogen and oxygen atoms in total. The van der Waals surface area contributed by atoms with Crippen molar-refractivity contribution in [2.24, 2.45) is 0 Å². The fourth-order valence-corrected chi connectivity index (χ4v) is 1.77. The number of carboxylic acid groups (broad SMARTS) is 1. The summed E-state index contributed by atoms with van der Waals surface area (Å²) in [6.45, 7) is 0. The molecule has 0 radical (unpaired) electrons. The third kappa shape index (κ3) is 2.77. The molecule has 0 amide bonds. The van der Waals surface area contributed by atoms with E-state index < -0.39 is 17.6 Å². The fourth-order valence-electron chi connectivity index (χ4n) is 1.52. The molecule has 20 heavy (non-hydrogen) atoms. The first-order chi connectivity index (χ1) is 9.38. The van der Waals surface area contributed by atoms with E-state index in [-0.39, 0.29) is 27.8 Å². The number of carbonyl (C=O) groups is 1. The highest BCUT2D eigenvalue weighted by Crippen LogP contribution is 2.30. The lowest BCUT2D eigenvalue weighted by atomic mass is 10.2. The van der Waals surface area contributed by atoms with Crippen LogP contribution in [0.4, 0.5) is 26.0 Å². The van der Waals surface area contributed by atoms with E-state index in [4.69, 9.17) is 22.4 Å². The maximum absolute atomic E-state index is 13.6. The molecule has 104 valence electrons. The number of nitrogens with one attached hydrogen (secondary N) is 1. The highest BCUT2D eigenvalue weighted by Gasteiger charge is 2.16. The Morgan fingerprint density at radius 2 is 2.05 bits per heavy atom. The van der Waals surface area contributed by atoms with Gasteiger partial charge in [0.2, 0.25) is 0 Å². The molecule has 0 aliphatic carbocycles. The van der Waals surface area contributed by atoms with Crippen LogP contribution in [0.15, 0.2) is 24.4 Å². The van der Waals surface area contributed by atoms with E-state index in [1.807, 2.05) is 0 Å². The molecule has 0 saturated heterocycles. The summed E-state index contributed by atoms with van der Waals surface area (Å²) < 4.78 is 26.6. The zero-order valence-corrected chi connectivity index (χ0v) is 10.6. The average molecular weight is 300 g/mol. The number of halogens is 3. The summed E-state index contributed by atoms with van der Waals surface area (Å²) in [5.74, 6) is -3.27. The lowest BCUT2D eigenvalue weighted by Gasteiger charge is -2.11. The van der Waals surface area contributed by atoms with Crippen LogP contribution in [0.5, 0.6) is 0 Å². The summed E-state index contributed by atoms with van der Waals surface area (Å²) in [7, 11) is 0. The number of carboxylic acids is 1. The summed E-state index contributed by atoms with van der Waals surface area (Å²) in [5, 5.41) is 11.2. The van der Waals surface area contributed by atoms with Crippen molar-refractivity contribution in [1.29, 1.82) is 0 Å². The maximum atomic E-state index is 13.6. The average Bonchev–Trinajstić information content (AvgIpc) is 2.34. The molecule has 0 atom stereocenters. The van der Waals surface area contributed by atoms with Crippen LogP contribution in [0, 0.1) is 11.6 Å². The van der Waals surface area contributed by atoms with Gasteiger partial charge in [-0.1, -0.05) is 11.6 Å². The molecule has 1 heterocycles. The van der Waals surface area contributed by atoms with Gasteiger partial charge in [-0.05, 0) is 12.1 Å². The molecular formula is C12H8ClF2N3O2. The number of aromatic carboxylic acids is 1. The van der Waals surface area contributed by atoms with Crippen molar-refractivity contribution in [1.82, 2.24) is 4.98 Å². The van der Waals surface area contributed by atoms with Crippen LogP contribution < -0.4 is 11.1 Å². The van der Waals surface area contributed by atoms with E-state index in [1.165, 1.54) is 6.20 Å². The standard InChI is InChI=1S/C12H8ClF2N3O2/c13-8-1-5(14)2-9(15)10(8)18-11-7(12(19)20)3-6(16)4-17-11/h1-4H,16H2,(H,17,18)(H,19,20). The molecule has 2 aromatic rings. The zero-order chi connectivity index (χ0) is 14.9. The topological polar surface area (TPSA) is 88.2 Å². The number of nitrogens with zero attached hydrogens (tertiary/aromatic N) is 1. The van der Waals surface area contributed by atoms with Crippen LogP contribution in [0.25, 0.3) is 0 Å². The maximum Gasteiger partial charge on any atom is 0.339 e. The Bertz CT molecular complexity index is 671. The molecular weight excluding hydrogens is 292 g/mol. The van der Waals surface area contributed by atoms with Gasteiger partial charge in [-0.25, -0.2) is 18.6 Å². The van der Waals surface area contributed by atoms with Crippen LogP contribution in [0.3, 0.4) is 0 Å². The number of anilines is 3. The van der Waals surface area contributed by atoms with Crippen molar-refractivity contribution in [3.05, 3.63) is 46.6 Å². The SMILES string of the molecule is Nc1cnc(Nc2c(F)cc(F)cc2Cl)c(C(=O)O)c1. The fraction of sp³-hybridized carbons (Fsp3) is 0. The molecule has 0 spiro atoms. The van der Waals surface area contributed by atoms with Crippen LogP contribution in [0.1, 0.15) is 10.4 Å². The molecule has 0 saturated carbocycles. The van der Waals surface area contributed by atoms with Gasteiger partial charge >= 0.3 is 5.97 Å². The third-order valence-corrected chi connectivity index (χ3v) is 2.69. The van der Waals surface area contributed by atoms with E-state index in [0.29, 0.717) is 6.07 Å². The first-order valence-electron chi connectivity index (χ1n) is 5.29. The summed E-state index contributed by atoms with van der Waals surface area (Å²) in [6.07, 6.45) is 1.20. The first-order valence-corrected chi connectivity index (χ1v) is 5.66. The summed E-state index contributed by atoms with van der Waals surface area (Å²) in [6, 6.07) is 2.67. The van der Waals surface area contributed by atoms with Crippen molar-refractivity contribution < 1.29 is 18.7 Å². The van der Waals surface area contributed by atoms with Gasteiger partial charge in [-0.3, -0.25) is 0 Å². The van der Waals surface area contributed by atoms with Gasteiger partial charge < -0.3 is 16.2 Å². The first kappa shape index (κ1) is 14.0. The molecule has 0 fully saturated rings. The number of hydrogen-bond donors (Lipinski definition) is 3. The number of hydrogen-bond acceptors (Lipinski definition) is 4. The number of rotatable bonds is 3. The Labute approximate surface area is 117 Å². The molecule has 0 bridgehead atoms. The Kier molecular flexibility index (Phi) is 3.71. The van der Waals surface area contributed by atoms with Crippen LogP contribution >= 0.6 is 11.6 Å². The predicted octanol–water partition coefficient (Wildman–Crippen LogP) is 3.04. The van der Waals surface area contributed by atoms with Crippen LogP contribution in [-0.4, -0.2) is 16.1 Å². The Morgan fingerprint density at radius 3 is 2.65 bits per heavy atom. The Morgan fingerprint density at radius 1 is 1.35 bits per heavy atom. The number of benzene rings is 1. The molecule has 4 N–H and O–H groups in total. The van der Waals surface area contributed by atoms with Crippen molar-refractivity contribution in [3.8, 4) is 0 Å². The van der Waals surface area contributed by atoms with Crippen molar-refractivity contribution in [2.75, 3.05) is 11.1 Å². The van der Waals surface area contributed by atoms with Gasteiger partial charge in [-0.15, -0.1) is 0 Å². The highest BCUT2D eigenvalue weighted by atomic mass is 35.5. The molecule has 1 aromatic carbocycles. The summed E-state index contributed by atoms with van der Waals surface area (Å²) in [5.41, 5.74) is 5.04. The smallest absolute Gasteiger partial charge is 0.339 e. The second-order valence-corrected chi connectivity index (χ2v) is 4.25. The molecule has 8 heteroatoms. The molecule has 0 unspecified atom stereocenters. The largest absolute Gasteiger partial charge is 0.478 e. The number of nitrogens with two attached hydrogens (primary N) is 1. The highest BCUT2D eigenvalue weighted by molar-refractivity contribution is 6.33. The molecule has 0 aliphatic heterocycles. The normalized spacial score (nSPS) is 10.3. The van der Waals surface area contributed by atoms with E-state index in [0.717, 1.165) is 12.1 Å². The minimum absolute atomic E-state index is 0.138. The predicted molar refractivity (Wildman–Crippen MR) is 70.3 cm³/mol. The molecule has 2 rings (SSSR count). The van der Waals surface area contributed by atoms with Gasteiger partial charge in [0.15, 0.2) is 5.82 Å². The van der Waals surface area contributed by atoms with Gasteiger partial charge in [0.1, 0.15) is 17.2 Å². The van der Waals surface area contributed by atoms with Crippen molar-refractivity contribution in [3.63, 3.8) is 0 Å². The second-order valence-electron chi connectivity index (χ2n) is 3.84. The minimum Gasteiger partial charge on any atom is -0.478 e. The lowest BCUT2D eigenvalue weighted by molar-refractivity contribution is 0.0697. The Hall–Kier alpha value is -2.41. The van der Waals surface area contributed by atoms with E-state index in [9.17, 15) is 13.6 Å². The number of nitrogen functional groups attached to an aromatic ring is 1. The lowest BCUT2D eigenvalue weighted by Crippen LogP contribution is -2.07. The second kappa shape index (κ2) is 5.30. The zero-order valence-electron chi connectivity index (χ0n) is 9.82. The summed E-state index contributed by atoms with van der Waals surface area (Å²) >= 11 is 5.71. The quantitative estimate of drug-likeness (QED) is 0.810. The Balaban J connectivity index is 2.48. The minimum atomic E-state index is -1.30.